The summed E-state index contributed by atoms with van der Waals surface area (Å²) < 4.78 is 0. The highest BCUT2D eigenvalue weighted by Gasteiger charge is 2.51. The molecule has 8 nitrogen and oxygen atoms in total. The molecule has 8 heteroatoms. The van der Waals surface area contributed by atoms with Gasteiger partial charge in [0.1, 0.15) is 17.5 Å². The fraction of sp³-hybridized carbons (Fsp3) is 0.417. The minimum Gasteiger partial charge on any atom is -0.334 e. The average Bonchev–Trinajstić information content (AvgIpc) is 3.25. The third kappa shape index (κ3) is 4.76. The van der Waals surface area contributed by atoms with Crippen molar-refractivity contribution in [3.63, 3.8) is 0 Å². The normalized spacial score (nSPS) is 21.4. The Labute approximate surface area is 261 Å². The van der Waals surface area contributed by atoms with Gasteiger partial charge in [0.15, 0.2) is 5.82 Å². The molecule has 0 amide bonds. The Hall–Kier alpha value is -4.17. The number of pyridine rings is 2. The van der Waals surface area contributed by atoms with Crippen molar-refractivity contribution in [1.29, 1.82) is 0 Å². The van der Waals surface area contributed by atoms with Crippen molar-refractivity contribution in [2.75, 3.05) is 9.80 Å². The smallest absolute Gasteiger partial charge is 0.160 e. The predicted octanol–water partition coefficient (Wildman–Crippen LogP) is 7.38. The molecule has 1 unspecified atom stereocenters. The highest BCUT2D eigenvalue weighted by molar-refractivity contribution is 5.99. The molecule has 5 heterocycles. The number of aliphatic imine (C=N–C) groups is 1. The summed E-state index contributed by atoms with van der Waals surface area (Å²) in [7, 11) is 0. The van der Waals surface area contributed by atoms with Gasteiger partial charge in [-0.2, -0.15) is 0 Å². The molecular weight excluding hydrogens is 544 g/mol. The van der Waals surface area contributed by atoms with Gasteiger partial charge in [-0.15, -0.1) is 0 Å². The molecule has 3 aromatic heterocycles. The van der Waals surface area contributed by atoms with Crippen LogP contribution in [-0.4, -0.2) is 54.1 Å². The predicted molar refractivity (Wildman–Crippen MR) is 181 cm³/mol. The van der Waals surface area contributed by atoms with Crippen molar-refractivity contribution in [3.05, 3.63) is 73.1 Å². The van der Waals surface area contributed by atoms with E-state index in [0.717, 1.165) is 45.5 Å². The lowest BCUT2D eigenvalue weighted by atomic mass is 9.83. The second kappa shape index (κ2) is 10.2. The number of amidine groups is 1. The van der Waals surface area contributed by atoms with E-state index in [1.165, 1.54) is 0 Å². The molecule has 0 bridgehead atoms. The van der Waals surface area contributed by atoms with E-state index < -0.39 is 0 Å². The summed E-state index contributed by atoms with van der Waals surface area (Å²) in [6.45, 7) is 22.0. The van der Waals surface area contributed by atoms with Crippen molar-refractivity contribution < 1.29 is 0 Å². The SMILES string of the molecule is CC1=NC(C)(C)C(C)(C)N1c1ccc(-c2cc(-c3ccc(N4C(C)NC(C)(C)C4(C)C)nc3)nc(-c3ccccc3)n2)cn1. The van der Waals surface area contributed by atoms with Gasteiger partial charge in [0.25, 0.3) is 0 Å². The summed E-state index contributed by atoms with van der Waals surface area (Å²) in [5.74, 6) is 3.45. The van der Waals surface area contributed by atoms with Crippen molar-refractivity contribution in [2.24, 2.45) is 4.99 Å². The standard InChI is InChI=1S/C36H44N8/c1-23-41-33(3,4)35(7,8)43(23)30-18-16-26(21-37-30)28-20-29(40-32(39-28)25-14-12-11-13-15-25)27-17-19-31(38-22-27)44-24(2)42-34(5,6)36(44,9)10/h11-23,41H,1-10H3. The summed E-state index contributed by atoms with van der Waals surface area (Å²) in [5.41, 5.74) is 3.83. The second-order valence-corrected chi connectivity index (χ2v) is 14.1. The number of hydrogen-bond acceptors (Lipinski definition) is 8. The van der Waals surface area contributed by atoms with Crippen LogP contribution in [0.3, 0.4) is 0 Å². The number of hydrogen-bond donors (Lipinski definition) is 1. The van der Waals surface area contributed by atoms with Crippen LogP contribution in [0, 0.1) is 0 Å². The van der Waals surface area contributed by atoms with Gasteiger partial charge in [0.05, 0.1) is 34.2 Å². The maximum Gasteiger partial charge on any atom is 0.160 e. The third-order valence-corrected chi connectivity index (χ3v) is 10.2. The lowest BCUT2D eigenvalue weighted by Gasteiger charge is -2.41. The first-order valence-electron chi connectivity index (χ1n) is 15.4. The Morgan fingerprint density at radius 1 is 0.682 bits per heavy atom. The fourth-order valence-electron chi connectivity index (χ4n) is 6.56. The molecule has 6 rings (SSSR count). The van der Waals surface area contributed by atoms with Crippen LogP contribution in [0.25, 0.3) is 33.9 Å². The molecule has 44 heavy (non-hydrogen) atoms. The number of anilines is 2. The van der Waals surface area contributed by atoms with E-state index in [-0.39, 0.29) is 28.3 Å². The first kappa shape index (κ1) is 29.9. The van der Waals surface area contributed by atoms with Crippen LogP contribution in [-0.2, 0) is 0 Å². The van der Waals surface area contributed by atoms with Crippen LogP contribution < -0.4 is 15.1 Å². The molecule has 0 aliphatic carbocycles. The van der Waals surface area contributed by atoms with Crippen LogP contribution in [0.2, 0.25) is 0 Å². The molecule has 1 fully saturated rings. The van der Waals surface area contributed by atoms with Gasteiger partial charge in [0, 0.05) is 34.6 Å². The number of nitrogens with one attached hydrogen (secondary N) is 1. The van der Waals surface area contributed by atoms with Crippen molar-refractivity contribution in [3.8, 4) is 33.9 Å². The van der Waals surface area contributed by atoms with E-state index in [1.807, 2.05) is 48.8 Å². The van der Waals surface area contributed by atoms with Gasteiger partial charge in [-0.3, -0.25) is 10.3 Å². The zero-order valence-corrected chi connectivity index (χ0v) is 27.6. The number of benzene rings is 1. The minimum absolute atomic E-state index is 0.0608. The summed E-state index contributed by atoms with van der Waals surface area (Å²) in [5, 5.41) is 3.71. The van der Waals surface area contributed by atoms with Crippen molar-refractivity contribution in [1.82, 2.24) is 25.3 Å². The van der Waals surface area contributed by atoms with Crippen molar-refractivity contribution in [2.45, 2.75) is 97.6 Å². The first-order valence-corrected chi connectivity index (χ1v) is 15.4. The Bertz CT molecular complexity index is 1700. The molecule has 0 radical (unpaired) electrons. The molecule has 1 saturated heterocycles. The number of rotatable bonds is 5. The molecule has 0 saturated carbocycles. The van der Waals surface area contributed by atoms with E-state index in [0.29, 0.717) is 5.82 Å². The average molecular weight is 589 g/mol. The van der Waals surface area contributed by atoms with Crippen LogP contribution in [0.15, 0.2) is 78.0 Å². The van der Waals surface area contributed by atoms with Gasteiger partial charge in [-0.25, -0.2) is 19.9 Å². The monoisotopic (exact) mass is 588 g/mol. The lowest BCUT2D eigenvalue weighted by molar-refractivity contribution is 0.314. The number of aromatic nitrogens is 4. The second-order valence-electron chi connectivity index (χ2n) is 14.1. The first-order chi connectivity index (χ1) is 20.6. The lowest BCUT2D eigenvalue weighted by Crippen LogP contribution is -2.53. The van der Waals surface area contributed by atoms with Gasteiger partial charge < -0.3 is 9.80 Å². The molecule has 1 N–H and O–H groups in total. The Kier molecular flexibility index (Phi) is 6.92. The molecular formula is C36H44N8. The zero-order chi connectivity index (χ0) is 31.7. The molecule has 1 aromatic carbocycles. The van der Waals surface area contributed by atoms with Crippen LogP contribution in [0.1, 0.15) is 69.2 Å². The summed E-state index contributed by atoms with van der Waals surface area (Å²) in [4.78, 5) is 29.3. The Balaban J connectivity index is 1.38. The van der Waals surface area contributed by atoms with E-state index in [9.17, 15) is 0 Å². The molecule has 2 aliphatic heterocycles. The van der Waals surface area contributed by atoms with E-state index in [4.69, 9.17) is 24.9 Å². The maximum atomic E-state index is 5.00. The largest absolute Gasteiger partial charge is 0.334 e. The van der Waals surface area contributed by atoms with E-state index in [2.05, 4.69) is 109 Å². The molecule has 1 atom stereocenters. The van der Waals surface area contributed by atoms with Gasteiger partial charge in [-0.05, 0) is 99.6 Å². The van der Waals surface area contributed by atoms with Gasteiger partial charge in [-0.1, -0.05) is 30.3 Å². The molecule has 0 spiro atoms. The summed E-state index contributed by atoms with van der Waals surface area (Å²) >= 11 is 0. The Morgan fingerprint density at radius 2 is 1.25 bits per heavy atom. The van der Waals surface area contributed by atoms with Crippen LogP contribution >= 0.6 is 0 Å². The Morgan fingerprint density at radius 3 is 1.70 bits per heavy atom. The molecule has 4 aromatic rings. The topological polar surface area (TPSA) is 82.4 Å². The van der Waals surface area contributed by atoms with Crippen LogP contribution in [0.5, 0.6) is 0 Å². The maximum absolute atomic E-state index is 5.00. The highest BCUT2D eigenvalue weighted by Crippen LogP contribution is 2.41. The molecule has 2 aliphatic rings. The van der Waals surface area contributed by atoms with Gasteiger partial charge >= 0.3 is 0 Å². The van der Waals surface area contributed by atoms with Crippen LogP contribution in [0.4, 0.5) is 11.6 Å². The highest BCUT2D eigenvalue weighted by atomic mass is 15.4. The molecule has 228 valence electrons. The minimum atomic E-state index is -0.220. The summed E-state index contributed by atoms with van der Waals surface area (Å²) in [6, 6.07) is 20.5. The third-order valence-electron chi connectivity index (χ3n) is 10.2. The summed E-state index contributed by atoms with van der Waals surface area (Å²) in [6.07, 6.45) is 3.99. The van der Waals surface area contributed by atoms with Crippen molar-refractivity contribution >= 4 is 17.5 Å². The van der Waals surface area contributed by atoms with E-state index >= 15 is 0 Å². The fourth-order valence-corrected chi connectivity index (χ4v) is 6.56. The number of nitrogens with zero attached hydrogens (tertiary/aromatic N) is 7. The van der Waals surface area contributed by atoms with Gasteiger partial charge in [0.2, 0.25) is 0 Å². The zero-order valence-electron chi connectivity index (χ0n) is 27.6. The van der Waals surface area contributed by atoms with E-state index in [1.54, 1.807) is 0 Å². The quantitative estimate of drug-likeness (QED) is 0.261.